The third-order valence-corrected chi connectivity index (χ3v) is 2.50. The summed E-state index contributed by atoms with van der Waals surface area (Å²) in [7, 11) is 0. The number of aromatic nitrogens is 2. The molecular formula is C10H8N2O4S. The number of nitrogens with one attached hydrogen (secondary N) is 1. The number of carbonyl (C=O) groups excluding carboxylic acids is 1. The van der Waals surface area contributed by atoms with Gasteiger partial charge in [0.15, 0.2) is 0 Å². The van der Waals surface area contributed by atoms with Crippen molar-refractivity contribution >= 4 is 35.0 Å². The number of fused-ring (bicyclic) bond motifs is 1. The van der Waals surface area contributed by atoms with Crippen LogP contribution < -0.4 is 0 Å². The zero-order chi connectivity index (χ0) is 12.3. The van der Waals surface area contributed by atoms with Crippen molar-refractivity contribution in [2.75, 3.05) is 0 Å². The molecule has 0 fully saturated rings. The van der Waals surface area contributed by atoms with Gasteiger partial charge in [-0.05, 0) is 12.1 Å². The van der Waals surface area contributed by atoms with Crippen molar-refractivity contribution in [2.24, 2.45) is 0 Å². The average Bonchev–Trinajstić information content (AvgIpc) is 2.68. The molecule has 0 aliphatic carbocycles. The van der Waals surface area contributed by atoms with Crippen molar-refractivity contribution in [3.63, 3.8) is 0 Å². The number of rotatable bonds is 4. The molecule has 1 heterocycles. The fraction of sp³-hybridized carbons (Fsp3) is 0.100. The van der Waals surface area contributed by atoms with Crippen LogP contribution in [0.25, 0.3) is 11.0 Å². The fourth-order valence-corrected chi connectivity index (χ4v) is 1.73. The fourth-order valence-electron chi connectivity index (χ4n) is 1.21. The number of imidazole rings is 1. The maximum absolute atomic E-state index is 11.0. The first-order chi connectivity index (χ1) is 8.15. The number of hydrogen-bond acceptors (Lipinski definition) is 5. The van der Waals surface area contributed by atoms with Gasteiger partial charge in [0.2, 0.25) is 5.16 Å². The van der Waals surface area contributed by atoms with E-state index >= 15 is 0 Å². The second kappa shape index (κ2) is 4.88. The Kier molecular flexibility index (Phi) is 3.29. The first-order valence-corrected chi connectivity index (χ1v) is 5.43. The zero-order valence-electron chi connectivity index (χ0n) is 8.54. The summed E-state index contributed by atoms with van der Waals surface area (Å²) in [5.74, 6) is -2.04. The van der Waals surface area contributed by atoms with E-state index in [0.29, 0.717) is 17.2 Å². The lowest BCUT2D eigenvalue weighted by Crippen LogP contribution is -2.06. The van der Waals surface area contributed by atoms with E-state index in [1.165, 1.54) is 0 Å². The van der Waals surface area contributed by atoms with E-state index in [1.807, 2.05) is 24.3 Å². The highest BCUT2D eigenvalue weighted by molar-refractivity contribution is 7.94. The Balaban J connectivity index is 1.99. The molecule has 1 aromatic carbocycles. The maximum Gasteiger partial charge on any atom is 0.329 e. The quantitative estimate of drug-likeness (QED) is 0.634. The summed E-state index contributed by atoms with van der Waals surface area (Å²) in [5.41, 5.74) is 1.58. The molecule has 0 saturated heterocycles. The minimum Gasteiger partial charge on any atom is -0.481 e. The van der Waals surface area contributed by atoms with Gasteiger partial charge in [0.25, 0.3) is 0 Å². The SMILES string of the molecule is O=C(O)CC(=O)OSc1nc2ccccc2[nH]1. The van der Waals surface area contributed by atoms with E-state index in [1.54, 1.807) is 0 Å². The van der Waals surface area contributed by atoms with Gasteiger partial charge in [-0.3, -0.25) is 9.59 Å². The van der Waals surface area contributed by atoms with Crippen LogP contribution in [0.1, 0.15) is 6.42 Å². The van der Waals surface area contributed by atoms with Crippen LogP contribution >= 0.6 is 12.0 Å². The van der Waals surface area contributed by atoms with Crippen LogP contribution in [-0.2, 0) is 13.8 Å². The Labute approximate surface area is 100 Å². The highest BCUT2D eigenvalue weighted by Gasteiger charge is 2.11. The molecular weight excluding hydrogens is 244 g/mol. The van der Waals surface area contributed by atoms with Crippen LogP contribution in [-0.4, -0.2) is 27.0 Å². The van der Waals surface area contributed by atoms with Crippen molar-refractivity contribution in [3.05, 3.63) is 24.3 Å². The molecule has 2 rings (SSSR count). The van der Waals surface area contributed by atoms with Crippen molar-refractivity contribution < 1.29 is 18.9 Å². The summed E-state index contributed by atoms with van der Waals surface area (Å²) in [6.45, 7) is 0. The third-order valence-electron chi connectivity index (χ3n) is 1.88. The third kappa shape index (κ3) is 2.97. The Hall–Kier alpha value is -2.02. The van der Waals surface area contributed by atoms with Crippen molar-refractivity contribution in [1.82, 2.24) is 9.97 Å². The second-order valence-corrected chi connectivity index (χ2v) is 3.89. The summed E-state index contributed by atoms with van der Waals surface area (Å²) in [6, 6.07) is 7.35. The molecule has 0 radical (unpaired) electrons. The number of para-hydroxylation sites is 2. The Morgan fingerprint density at radius 3 is 2.88 bits per heavy atom. The summed E-state index contributed by atoms with van der Waals surface area (Å²) < 4.78 is 4.67. The van der Waals surface area contributed by atoms with E-state index in [2.05, 4.69) is 14.2 Å². The molecule has 2 N–H and O–H groups in total. The number of aliphatic carboxylic acids is 1. The highest BCUT2D eigenvalue weighted by Crippen LogP contribution is 2.20. The maximum atomic E-state index is 11.0. The minimum atomic E-state index is -1.22. The lowest BCUT2D eigenvalue weighted by molar-refractivity contribution is -0.145. The van der Waals surface area contributed by atoms with Crippen molar-refractivity contribution in [3.8, 4) is 0 Å². The molecule has 0 aliphatic rings. The predicted octanol–water partition coefficient (Wildman–Crippen LogP) is 1.59. The second-order valence-electron chi connectivity index (χ2n) is 3.17. The molecule has 0 saturated carbocycles. The van der Waals surface area contributed by atoms with Crippen molar-refractivity contribution in [2.45, 2.75) is 11.6 Å². The van der Waals surface area contributed by atoms with Crippen LogP contribution in [0.5, 0.6) is 0 Å². The summed E-state index contributed by atoms with van der Waals surface area (Å²) in [4.78, 5) is 28.3. The van der Waals surface area contributed by atoms with Crippen LogP contribution in [0.15, 0.2) is 29.4 Å². The standard InChI is InChI=1S/C10H8N2O4S/c13-8(14)5-9(15)16-17-10-11-6-3-1-2-4-7(6)12-10/h1-4H,5H2,(H,11,12)(H,13,14). The van der Waals surface area contributed by atoms with E-state index in [9.17, 15) is 9.59 Å². The predicted molar refractivity (Wildman–Crippen MR) is 60.3 cm³/mol. The van der Waals surface area contributed by atoms with Crippen LogP contribution in [0.4, 0.5) is 0 Å². The number of aromatic amines is 1. The topological polar surface area (TPSA) is 92.3 Å². The lowest BCUT2D eigenvalue weighted by Gasteiger charge is -1.96. The zero-order valence-corrected chi connectivity index (χ0v) is 9.36. The molecule has 88 valence electrons. The van der Waals surface area contributed by atoms with Gasteiger partial charge < -0.3 is 14.3 Å². The molecule has 0 aliphatic heterocycles. The first kappa shape index (κ1) is 11.5. The number of carboxylic acid groups (broad SMARTS) is 1. The summed E-state index contributed by atoms with van der Waals surface area (Å²) in [6.07, 6.45) is -0.659. The number of benzene rings is 1. The number of nitrogens with zero attached hydrogens (tertiary/aromatic N) is 1. The highest BCUT2D eigenvalue weighted by atomic mass is 32.2. The van der Waals surface area contributed by atoms with E-state index in [4.69, 9.17) is 5.11 Å². The van der Waals surface area contributed by atoms with Gasteiger partial charge in [0.1, 0.15) is 18.5 Å². The van der Waals surface area contributed by atoms with Gasteiger partial charge in [-0.15, -0.1) is 0 Å². The smallest absolute Gasteiger partial charge is 0.329 e. The van der Waals surface area contributed by atoms with Gasteiger partial charge in [-0.2, -0.15) is 0 Å². The molecule has 7 heteroatoms. The minimum absolute atomic E-state index is 0.407. The molecule has 1 aromatic heterocycles. The number of carbonyl (C=O) groups is 2. The Bertz CT molecular complexity index is 533. The summed E-state index contributed by atoms with van der Waals surface area (Å²) in [5, 5.41) is 8.77. The van der Waals surface area contributed by atoms with E-state index in [0.717, 1.165) is 11.0 Å². The van der Waals surface area contributed by atoms with Gasteiger partial charge in [0, 0.05) is 0 Å². The molecule has 0 amide bonds. The van der Waals surface area contributed by atoms with Gasteiger partial charge in [0.05, 0.1) is 11.0 Å². The average molecular weight is 252 g/mol. The van der Waals surface area contributed by atoms with Gasteiger partial charge in [-0.1, -0.05) is 12.1 Å². The largest absolute Gasteiger partial charge is 0.481 e. The molecule has 17 heavy (non-hydrogen) atoms. The monoisotopic (exact) mass is 252 g/mol. The molecule has 0 bridgehead atoms. The lowest BCUT2D eigenvalue weighted by atomic mass is 10.3. The molecule has 0 spiro atoms. The van der Waals surface area contributed by atoms with Crippen LogP contribution in [0.2, 0.25) is 0 Å². The molecule has 0 unspecified atom stereocenters. The molecule has 0 atom stereocenters. The van der Waals surface area contributed by atoms with E-state index in [-0.39, 0.29) is 0 Å². The summed E-state index contributed by atoms with van der Waals surface area (Å²) >= 11 is 0.717. The molecule has 2 aromatic rings. The van der Waals surface area contributed by atoms with Gasteiger partial charge >= 0.3 is 11.9 Å². The van der Waals surface area contributed by atoms with Crippen molar-refractivity contribution in [1.29, 1.82) is 0 Å². The molecule has 6 nitrogen and oxygen atoms in total. The van der Waals surface area contributed by atoms with Gasteiger partial charge in [-0.25, -0.2) is 4.98 Å². The normalized spacial score (nSPS) is 10.4. The Morgan fingerprint density at radius 1 is 1.41 bits per heavy atom. The van der Waals surface area contributed by atoms with Crippen LogP contribution in [0, 0.1) is 0 Å². The first-order valence-electron chi connectivity index (χ1n) is 4.69. The number of hydrogen-bond donors (Lipinski definition) is 2. The van der Waals surface area contributed by atoms with Crippen LogP contribution in [0.3, 0.4) is 0 Å². The number of carboxylic acids is 1. The number of H-pyrrole nitrogens is 1. The van der Waals surface area contributed by atoms with E-state index < -0.39 is 18.4 Å². The Morgan fingerprint density at radius 2 is 2.18 bits per heavy atom.